The Morgan fingerprint density at radius 3 is 2.32 bits per heavy atom. The second-order valence-corrected chi connectivity index (χ2v) is 7.33. The highest BCUT2D eigenvalue weighted by atomic mass is 19.1. The van der Waals surface area contributed by atoms with Gasteiger partial charge in [0, 0.05) is 38.0 Å². The molecule has 2 heterocycles. The van der Waals surface area contributed by atoms with E-state index in [0.717, 1.165) is 5.56 Å². The zero-order valence-corrected chi connectivity index (χ0v) is 16.0. The van der Waals surface area contributed by atoms with Crippen LogP contribution in [-0.2, 0) is 19.1 Å². The Hall–Kier alpha value is -2.70. The summed E-state index contributed by atoms with van der Waals surface area (Å²) < 4.78 is 18.2. The normalized spacial score (nSPS) is 22.8. The third-order valence-corrected chi connectivity index (χ3v) is 5.76. The molecular formula is C21H25FN2O4. The molecule has 0 aromatic heterocycles. The van der Waals surface area contributed by atoms with Gasteiger partial charge in [0.1, 0.15) is 5.82 Å². The predicted octanol–water partition coefficient (Wildman–Crippen LogP) is 1.97. The first-order chi connectivity index (χ1) is 13.4. The predicted molar refractivity (Wildman–Crippen MR) is 101 cm³/mol. The van der Waals surface area contributed by atoms with Crippen molar-refractivity contribution >= 4 is 17.8 Å². The quantitative estimate of drug-likeness (QED) is 0.584. The van der Waals surface area contributed by atoms with Gasteiger partial charge in [-0.3, -0.25) is 14.4 Å². The van der Waals surface area contributed by atoms with Crippen LogP contribution in [0.15, 0.2) is 36.9 Å². The van der Waals surface area contributed by atoms with E-state index in [1.54, 1.807) is 21.9 Å². The van der Waals surface area contributed by atoms with Gasteiger partial charge in [-0.05, 0) is 36.6 Å². The third-order valence-electron chi connectivity index (χ3n) is 5.76. The Morgan fingerprint density at radius 2 is 1.75 bits per heavy atom. The SMILES string of the molecule is C=CC(=O)N1CCC(C(=O)N2C[C@@H](C(=O)OC)[C@H](c3ccc(F)cc3)C2)CC1. The Kier molecular flexibility index (Phi) is 6.11. The van der Waals surface area contributed by atoms with E-state index < -0.39 is 5.92 Å². The number of esters is 1. The van der Waals surface area contributed by atoms with Crippen LogP contribution >= 0.6 is 0 Å². The summed E-state index contributed by atoms with van der Waals surface area (Å²) in [6.07, 6.45) is 2.48. The van der Waals surface area contributed by atoms with Gasteiger partial charge in [-0.15, -0.1) is 0 Å². The monoisotopic (exact) mass is 388 g/mol. The molecule has 0 bridgehead atoms. The minimum absolute atomic E-state index is 0.00390. The van der Waals surface area contributed by atoms with Gasteiger partial charge in [-0.1, -0.05) is 18.7 Å². The third kappa shape index (κ3) is 4.08. The largest absolute Gasteiger partial charge is 0.469 e. The highest BCUT2D eigenvalue weighted by Gasteiger charge is 2.42. The molecule has 0 saturated carbocycles. The molecule has 2 atom stereocenters. The average molecular weight is 388 g/mol. The fraction of sp³-hybridized carbons (Fsp3) is 0.476. The highest BCUT2D eigenvalue weighted by Crippen LogP contribution is 2.35. The maximum absolute atomic E-state index is 13.3. The molecule has 0 radical (unpaired) electrons. The first-order valence-corrected chi connectivity index (χ1v) is 9.48. The van der Waals surface area contributed by atoms with Gasteiger partial charge in [0.05, 0.1) is 13.0 Å². The van der Waals surface area contributed by atoms with Gasteiger partial charge in [-0.25, -0.2) is 4.39 Å². The Morgan fingerprint density at radius 1 is 1.11 bits per heavy atom. The first-order valence-electron chi connectivity index (χ1n) is 9.48. The van der Waals surface area contributed by atoms with Crippen LogP contribution in [0.4, 0.5) is 4.39 Å². The summed E-state index contributed by atoms with van der Waals surface area (Å²) in [6.45, 7) is 5.23. The van der Waals surface area contributed by atoms with Crippen LogP contribution in [0.25, 0.3) is 0 Å². The van der Waals surface area contributed by atoms with Crippen molar-refractivity contribution in [1.29, 1.82) is 0 Å². The van der Waals surface area contributed by atoms with Crippen molar-refractivity contribution in [2.45, 2.75) is 18.8 Å². The molecule has 0 spiro atoms. The van der Waals surface area contributed by atoms with Crippen LogP contribution in [0.2, 0.25) is 0 Å². The molecule has 2 aliphatic rings. The number of nitrogens with zero attached hydrogens (tertiary/aromatic N) is 2. The van der Waals surface area contributed by atoms with E-state index in [1.807, 2.05) is 0 Å². The van der Waals surface area contributed by atoms with Crippen LogP contribution in [0, 0.1) is 17.7 Å². The fourth-order valence-corrected chi connectivity index (χ4v) is 4.16. The van der Waals surface area contributed by atoms with Crippen molar-refractivity contribution in [1.82, 2.24) is 9.80 Å². The summed E-state index contributed by atoms with van der Waals surface area (Å²) in [7, 11) is 1.33. The molecule has 28 heavy (non-hydrogen) atoms. The summed E-state index contributed by atoms with van der Waals surface area (Å²) in [5, 5.41) is 0. The van der Waals surface area contributed by atoms with Crippen molar-refractivity contribution in [3.8, 4) is 0 Å². The lowest BCUT2D eigenvalue weighted by Crippen LogP contribution is -2.43. The van der Waals surface area contributed by atoms with E-state index in [1.165, 1.54) is 25.3 Å². The van der Waals surface area contributed by atoms with Gasteiger partial charge in [0.25, 0.3) is 0 Å². The van der Waals surface area contributed by atoms with Crippen molar-refractivity contribution < 1.29 is 23.5 Å². The van der Waals surface area contributed by atoms with Crippen LogP contribution in [0.3, 0.4) is 0 Å². The van der Waals surface area contributed by atoms with Gasteiger partial charge in [0.15, 0.2) is 0 Å². The van der Waals surface area contributed by atoms with Crippen molar-refractivity contribution in [3.05, 3.63) is 48.3 Å². The fourth-order valence-electron chi connectivity index (χ4n) is 4.16. The van der Waals surface area contributed by atoms with Crippen LogP contribution in [0.1, 0.15) is 24.3 Å². The minimum Gasteiger partial charge on any atom is -0.469 e. The molecule has 1 aromatic rings. The number of piperidine rings is 1. The zero-order chi connectivity index (χ0) is 20.3. The molecule has 2 saturated heterocycles. The summed E-state index contributed by atoms with van der Waals surface area (Å²) in [6, 6.07) is 6.04. The second kappa shape index (κ2) is 8.54. The molecule has 150 valence electrons. The number of amides is 2. The molecule has 3 rings (SSSR count). The van der Waals surface area contributed by atoms with E-state index >= 15 is 0 Å². The molecule has 7 heteroatoms. The molecule has 0 unspecified atom stereocenters. The molecule has 2 amide bonds. The lowest BCUT2D eigenvalue weighted by atomic mass is 9.89. The number of rotatable bonds is 4. The molecule has 6 nitrogen and oxygen atoms in total. The van der Waals surface area contributed by atoms with E-state index in [0.29, 0.717) is 39.0 Å². The summed E-state index contributed by atoms with van der Waals surface area (Å²) >= 11 is 0. The maximum Gasteiger partial charge on any atom is 0.311 e. The molecule has 0 N–H and O–H groups in total. The van der Waals surface area contributed by atoms with E-state index in [4.69, 9.17) is 4.74 Å². The maximum atomic E-state index is 13.3. The molecular weight excluding hydrogens is 363 g/mol. The smallest absolute Gasteiger partial charge is 0.311 e. The number of ether oxygens (including phenoxy) is 1. The molecule has 1 aromatic carbocycles. The van der Waals surface area contributed by atoms with Crippen LogP contribution in [0.5, 0.6) is 0 Å². The Balaban J connectivity index is 1.70. The Labute approximate surface area is 163 Å². The molecule has 0 aliphatic carbocycles. The second-order valence-electron chi connectivity index (χ2n) is 7.33. The van der Waals surface area contributed by atoms with Crippen LogP contribution in [-0.4, -0.2) is 60.9 Å². The van der Waals surface area contributed by atoms with E-state index in [9.17, 15) is 18.8 Å². The van der Waals surface area contributed by atoms with Gasteiger partial charge in [-0.2, -0.15) is 0 Å². The van der Waals surface area contributed by atoms with E-state index in [-0.39, 0.29) is 35.4 Å². The van der Waals surface area contributed by atoms with Gasteiger partial charge < -0.3 is 14.5 Å². The number of halogens is 1. The number of methoxy groups -OCH3 is 1. The lowest BCUT2D eigenvalue weighted by molar-refractivity contribution is -0.146. The number of carbonyl (C=O) groups excluding carboxylic acids is 3. The number of hydrogen-bond donors (Lipinski definition) is 0. The van der Waals surface area contributed by atoms with Gasteiger partial charge in [0.2, 0.25) is 11.8 Å². The first kappa shape index (κ1) is 20.0. The summed E-state index contributed by atoms with van der Waals surface area (Å²) in [5.74, 6) is -1.68. The topological polar surface area (TPSA) is 66.9 Å². The number of carbonyl (C=O) groups is 3. The summed E-state index contributed by atoms with van der Waals surface area (Å²) in [4.78, 5) is 40.4. The standard InChI is InChI=1S/C21H25FN2O4/c1-3-19(25)23-10-8-15(9-11-23)20(26)24-12-17(18(13-24)21(27)28-2)14-4-6-16(22)7-5-14/h3-7,15,17-18H,1,8-13H2,2H3/t17-,18+/m0/s1. The minimum atomic E-state index is -0.471. The highest BCUT2D eigenvalue weighted by molar-refractivity contribution is 5.87. The Bertz CT molecular complexity index is 756. The number of hydrogen-bond acceptors (Lipinski definition) is 4. The number of benzene rings is 1. The van der Waals surface area contributed by atoms with Crippen molar-refractivity contribution in [2.24, 2.45) is 11.8 Å². The van der Waals surface area contributed by atoms with Crippen molar-refractivity contribution in [3.63, 3.8) is 0 Å². The van der Waals surface area contributed by atoms with Crippen LogP contribution < -0.4 is 0 Å². The molecule has 2 aliphatic heterocycles. The van der Waals surface area contributed by atoms with E-state index in [2.05, 4.69) is 6.58 Å². The number of likely N-dealkylation sites (tertiary alicyclic amines) is 2. The van der Waals surface area contributed by atoms with Gasteiger partial charge >= 0.3 is 5.97 Å². The van der Waals surface area contributed by atoms with Crippen molar-refractivity contribution in [2.75, 3.05) is 33.3 Å². The average Bonchev–Trinajstić information content (AvgIpc) is 3.18. The lowest BCUT2D eigenvalue weighted by Gasteiger charge is -2.32. The molecule has 2 fully saturated rings. The summed E-state index contributed by atoms with van der Waals surface area (Å²) in [5.41, 5.74) is 0.818. The zero-order valence-electron chi connectivity index (χ0n) is 16.0.